The lowest BCUT2D eigenvalue weighted by molar-refractivity contribution is 0.104. The zero-order valence-electron chi connectivity index (χ0n) is 14.9. The van der Waals surface area contributed by atoms with Crippen molar-refractivity contribution in [1.29, 1.82) is 0 Å². The Labute approximate surface area is 147 Å². The van der Waals surface area contributed by atoms with Crippen LogP contribution in [0.3, 0.4) is 0 Å². The second-order valence-electron chi connectivity index (χ2n) is 6.58. The molecule has 0 aliphatic carbocycles. The van der Waals surface area contributed by atoms with Gasteiger partial charge in [-0.05, 0) is 43.5 Å². The quantitative estimate of drug-likeness (QED) is 0.818. The van der Waals surface area contributed by atoms with E-state index in [9.17, 15) is 5.11 Å². The predicted molar refractivity (Wildman–Crippen MR) is 91.2 cm³/mol. The third-order valence-corrected chi connectivity index (χ3v) is 4.45. The third-order valence-electron chi connectivity index (χ3n) is 4.45. The maximum absolute atomic E-state index is 9.50. The van der Waals surface area contributed by atoms with Crippen LogP contribution in [0.5, 0.6) is 5.75 Å². The number of aromatic nitrogens is 2. The summed E-state index contributed by atoms with van der Waals surface area (Å²) in [6.07, 6.45) is 0.941. The first-order valence-electron chi connectivity index (χ1n) is 8.47. The molecule has 1 aliphatic heterocycles. The molecule has 0 radical (unpaired) electrons. The van der Waals surface area contributed by atoms with Gasteiger partial charge < -0.3 is 19.1 Å². The molecular formula is C18H25N3O4. The standard InChI is InChI=1S/C18H25N3O4/c1-12-4-13(2)6-15(5-12)24-11-17-19-18(25-20-17)9-21-8-16(23-3)7-14(21)10-22/h4-6,14,16,22H,7-11H2,1-3H3/t14-,16-/m0/s1. The van der Waals surface area contributed by atoms with Crippen molar-refractivity contribution in [2.45, 2.75) is 45.6 Å². The fourth-order valence-corrected chi connectivity index (χ4v) is 3.24. The molecule has 7 nitrogen and oxygen atoms in total. The maximum Gasteiger partial charge on any atom is 0.240 e. The first kappa shape index (κ1) is 17.8. The van der Waals surface area contributed by atoms with Gasteiger partial charge in [-0.25, -0.2) is 0 Å². The molecule has 1 fully saturated rings. The van der Waals surface area contributed by atoms with Gasteiger partial charge in [0, 0.05) is 19.7 Å². The molecule has 1 saturated heterocycles. The van der Waals surface area contributed by atoms with Crippen molar-refractivity contribution < 1.29 is 19.1 Å². The highest BCUT2D eigenvalue weighted by Crippen LogP contribution is 2.22. The predicted octanol–water partition coefficient (Wildman–Crippen LogP) is 1.85. The first-order chi connectivity index (χ1) is 12.1. The van der Waals surface area contributed by atoms with Crippen LogP contribution in [0.25, 0.3) is 0 Å². The van der Waals surface area contributed by atoms with E-state index >= 15 is 0 Å². The average molecular weight is 347 g/mol. The SMILES string of the molecule is CO[C@H]1C[C@@H](CO)N(Cc2nc(COc3cc(C)cc(C)c3)no2)C1. The number of benzene rings is 1. The summed E-state index contributed by atoms with van der Waals surface area (Å²) in [5.41, 5.74) is 2.31. The van der Waals surface area contributed by atoms with Crippen LogP contribution in [0.1, 0.15) is 29.3 Å². The highest BCUT2D eigenvalue weighted by Gasteiger charge is 2.32. The molecule has 2 atom stereocenters. The van der Waals surface area contributed by atoms with Crippen molar-refractivity contribution >= 4 is 0 Å². The van der Waals surface area contributed by atoms with Crippen molar-refractivity contribution in [2.75, 3.05) is 20.3 Å². The second kappa shape index (κ2) is 7.95. The monoisotopic (exact) mass is 347 g/mol. The zero-order chi connectivity index (χ0) is 17.8. The van der Waals surface area contributed by atoms with E-state index in [-0.39, 0.29) is 25.4 Å². The van der Waals surface area contributed by atoms with Crippen LogP contribution in [0.4, 0.5) is 0 Å². The molecule has 0 unspecified atom stereocenters. The number of hydrogen-bond acceptors (Lipinski definition) is 7. The van der Waals surface area contributed by atoms with Crippen LogP contribution in [-0.4, -0.2) is 52.6 Å². The lowest BCUT2D eigenvalue weighted by Crippen LogP contribution is -2.32. The van der Waals surface area contributed by atoms with Crippen LogP contribution in [-0.2, 0) is 17.9 Å². The summed E-state index contributed by atoms with van der Waals surface area (Å²) in [4.78, 5) is 6.49. The molecule has 1 aliphatic rings. The minimum atomic E-state index is 0.0619. The minimum absolute atomic E-state index is 0.0619. The van der Waals surface area contributed by atoms with Crippen molar-refractivity contribution in [3.8, 4) is 5.75 Å². The van der Waals surface area contributed by atoms with E-state index in [4.69, 9.17) is 14.0 Å². The molecule has 1 aromatic carbocycles. The van der Waals surface area contributed by atoms with Crippen LogP contribution >= 0.6 is 0 Å². The Morgan fingerprint density at radius 2 is 2.04 bits per heavy atom. The van der Waals surface area contributed by atoms with Gasteiger partial charge in [-0.2, -0.15) is 4.98 Å². The number of aryl methyl sites for hydroxylation is 2. The second-order valence-corrected chi connectivity index (χ2v) is 6.58. The van der Waals surface area contributed by atoms with Crippen LogP contribution in [0, 0.1) is 13.8 Å². The molecule has 7 heteroatoms. The average Bonchev–Trinajstić information content (AvgIpc) is 3.19. The van der Waals surface area contributed by atoms with Crippen molar-refractivity contribution in [1.82, 2.24) is 15.0 Å². The Morgan fingerprint density at radius 3 is 2.72 bits per heavy atom. The van der Waals surface area contributed by atoms with Gasteiger partial charge in [0.2, 0.25) is 11.7 Å². The van der Waals surface area contributed by atoms with Gasteiger partial charge in [0.25, 0.3) is 0 Å². The fourth-order valence-electron chi connectivity index (χ4n) is 3.24. The first-order valence-corrected chi connectivity index (χ1v) is 8.47. The highest BCUT2D eigenvalue weighted by molar-refractivity contribution is 5.33. The van der Waals surface area contributed by atoms with Gasteiger partial charge in [0.15, 0.2) is 6.61 Å². The molecule has 0 spiro atoms. The molecule has 1 N–H and O–H groups in total. The van der Waals surface area contributed by atoms with E-state index < -0.39 is 0 Å². The smallest absolute Gasteiger partial charge is 0.240 e. The van der Waals surface area contributed by atoms with Crippen LogP contribution in [0.2, 0.25) is 0 Å². The molecule has 2 aromatic rings. The highest BCUT2D eigenvalue weighted by atomic mass is 16.5. The Balaban J connectivity index is 1.57. The molecular weight excluding hydrogens is 322 g/mol. The van der Waals surface area contributed by atoms with Crippen LogP contribution < -0.4 is 4.74 Å². The van der Waals surface area contributed by atoms with E-state index in [1.165, 1.54) is 0 Å². The zero-order valence-corrected chi connectivity index (χ0v) is 14.9. The summed E-state index contributed by atoms with van der Waals surface area (Å²) in [5.74, 6) is 1.83. The molecule has 0 amide bonds. The summed E-state index contributed by atoms with van der Waals surface area (Å²) in [6.45, 7) is 5.67. The topological polar surface area (TPSA) is 80.9 Å². The van der Waals surface area contributed by atoms with E-state index in [2.05, 4.69) is 21.1 Å². The Bertz CT molecular complexity index is 683. The van der Waals surface area contributed by atoms with Gasteiger partial charge in [-0.15, -0.1) is 0 Å². The lowest BCUT2D eigenvalue weighted by atomic mass is 10.1. The largest absolute Gasteiger partial charge is 0.485 e. The number of aliphatic hydroxyl groups is 1. The van der Waals surface area contributed by atoms with Gasteiger partial charge in [0.1, 0.15) is 5.75 Å². The summed E-state index contributed by atoms with van der Waals surface area (Å²) in [7, 11) is 1.69. The van der Waals surface area contributed by atoms with E-state index in [1.54, 1.807) is 7.11 Å². The minimum Gasteiger partial charge on any atom is -0.485 e. The number of nitrogens with zero attached hydrogens (tertiary/aromatic N) is 3. The number of hydrogen-bond donors (Lipinski definition) is 1. The van der Waals surface area contributed by atoms with Gasteiger partial charge in [0.05, 0.1) is 19.3 Å². The molecule has 2 heterocycles. The normalized spacial score (nSPS) is 21.0. The van der Waals surface area contributed by atoms with Crippen molar-refractivity contribution in [3.05, 3.63) is 41.0 Å². The van der Waals surface area contributed by atoms with Crippen molar-refractivity contribution in [2.24, 2.45) is 0 Å². The summed E-state index contributed by atoms with van der Waals surface area (Å²) in [5, 5.41) is 13.5. The summed E-state index contributed by atoms with van der Waals surface area (Å²) < 4.78 is 16.5. The number of aliphatic hydroxyl groups excluding tert-OH is 1. The van der Waals surface area contributed by atoms with Crippen LogP contribution in [0.15, 0.2) is 22.7 Å². The summed E-state index contributed by atoms with van der Waals surface area (Å²) >= 11 is 0. The summed E-state index contributed by atoms with van der Waals surface area (Å²) in [6, 6.07) is 6.12. The van der Waals surface area contributed by atoms with E-state index in [1.807, 2.05) is 26.0 Å². The van der Waals surface area contributed by atoms with Gasteiger partial charge >= 0.3 is 0 Å². The van der Waals surface area contributed by atoms with E-state index in [0.29, 0.717) is 18.3 Å². The van der Waals surface area contributed by atoms with Gasteiger partial charge in [-0.3, -0.25) is 4.90 Å². The molecule has 136 valence electrons. The molecule has 1 aromatic heterocycles. The van der Waals surface area contributed by atoms with Gasteiger partial charge in [-0.1, -0.05) is 11.2 Å². The molecule has 0 saturated carbocycles. The molecule has 0 bridgehead atoms. The Hall–Kier alpha value is -1.96. The molecule has 3 rings (SSSR count). The maximum atomic E-state index is 9.50. The number of rotatable bonds is 7. The Morgan fingerprint density at radius 1 is 1.28 bits per heavy atom. The third kappa shape index (κ3) is 4.56. The number of methoxy groups -OCH3 is 1. The molecule has 25 heavy (non-hydrogen) atoms. The van der Waals surface area contributed by atoms with E-state index in [0.717, 1.165) is 29.8 Å². The fraction of sp³-hybridized carbons (Fsp3) is 0.556. The Kier molecular flexibility index (Phi) is 5.67. The number of likely N-dealkylation sites (tertiary alicyclic amines) is 1. The lowest BCUT2D eigenvalue weighted by Gasteiger charge is -2.19. The van der Waals surface area contributed by atoms with Crippen molar-refractivity contribution in [3.63, 3.8) is 0 Å². The number of ether oxygens (including phenoxy) is 2.